The van der Waals surface area contributed by atoms with Crippen LogP contribution in [0.5, 0.6) is 5.75 Å². The summed E-state index contributed by atoms with van der Waals surface area (Å²) in [6.07, 6.45) is -0.324. The molecule has 1 atom stereocenters. The van der Waals surface area contributed by atoms with Crippen molar-refractivity contribution in [1.29, 1.82) is 0 Å². The fourth-order valence-corrected chi connectivity index (χ4v) is 0.887. The van der Waals surface area contributed by atoms with E-state index in [-0.39, 0.29) is 23.8 Å². The predicted molar refractivity (Wildman–Crippen MR) is 47.4 cm³/mol. The molecule has 4 heteroatoms. The van der Waals surface area contributed by atoms with Crippen LogP contribution in [0.4, 0.5) is 0 Å². The molecule has 0 heterocycles. The van der Waals surface area contributed by atoms with Gasteiger partial charge in [0.05, 0.1) is 2.74 Å². The van der Waals surface area contributed by atoms with E-state index >= 15 is 0 Å². The molecular weight excluding hydrogens is 170 g/mol. The van der Waals surface area contributed by atoms with Crippen molar-refractivity contribution in [2.24, 2.45) is 5.73 Å². The molecule has 0 bridgehead atoms. The first-order valence-corrected chi connectivity index (χ1v) is 3.64. The number of aliphatic carboxylic acids is 1. The molecule has 70 valence electrons. The Morgan fingerprint density at radius 2 is 2.46 bits per heavy atom. The Labute approximate surface area is 78.4 Å². The Kier molecular flexibility index (Phi) is 2.08. The van der Waals surface area contributed by atoms with Crippen LogP contribution in [-0.4, -0.2) is 22.2 Å². The normalized spacial score (nSPS) is 17.0. The third-order valence-corrected chi connectivity index (χ3v) is 1.50. The third-order valence-electron chi connectivity index (χ3n) is 1.50. The molecule has 4 N–H and O–H groups in total. The van der Waals surface area contributed by atoms with Gasteiger partial charge in [0, 0.05) is 0 Å². The minimum Gasteiger partial charge on any atom is -0.508 e. The van der Waals surface area contributed by atoms with Gasteiger partial charge in [0.25, 0.3) is 0 Å². The third kappa shape index (κ3) is 2.76. The second-order valence-corrected chi connectivity index (χ2v) is 2.57. The SMILES string of the molecule is [2H]c1c(O)cccc1C[C@@]([2H])(N)C(=O)O. The summed E-state index contributed by atoms with van der Waals surface area (Å²) in [7, 11) is 0. The highest BCUT2D eigenvalue weighted by atomic mass is 16.4. The quantitative estimate of drug-likeness (QED) is 0.631. The number of aromatic hydroxyl groups is 1. The molecule has 1 aromatic carbocycles. The second-order valence-electron chi connectivity index (χ2n) is 2.57. The first-order chi connectivity index (χ1) is 6.84. The molecule has 0 amide bonds. The zero-order chi connectivity index (χ0) is 11.6. The summed E-state index contributed by atoms with van der Waals surface area (Å²) in [5, 5.41) is 17.8. The number of carboxylic acids is 1. The molecule has 0 aliphatic heterocycles. The molecular formula is C9H11NO3. The summed E-state index contributed by atoms with van der Waals surface area (Å²) >= 11 is 0. The molecule has 4 nitrogen and oxygen atoms in total. The molecule has 0 saturated carbocycles. The Morgan fingerprint density at radius 3 is 3.08 bits per heavy atom. The zero-order valence-corrected chi connectivity index (χ0v) is 6.82. The van der Waals surface area contributed by atoms with Crippen LogP contribution in [0, 0.1) is 0 Å². The number of phenols is 1. The number of carbonyl (C=O) groups is 1. The van der Waals surface area contributed by atoms with Crippen molar-refractivity contribution >= 4 is 5.97 Å². The van der Waals surface area contributed by atoms with Crippen molar-refractivity contribution in [1.82, 2.24) is 0 Å². The Morgan fingerprint density at radius 1 is 1.77 bits per heavy atom. The van der Waals surface area contributed by atoms with Gasteiger partial charge in [-0.05, 0) is 24.1 Å². The lowest BCUT2D eigenvalue weighted by molar-refractivity contribution is -0.138. The highest BCUT2D eigenvalue weighted by molar-refractivity contribution is 5.73. The van der Waals surface area contributed by atoms with Crippen molar-refractivity contribution in [3.8, 4) is 5.75 Å². The van der Waals surface area contributed by atoms with Crippen LogP contribution in [0.2, 0.25) is 0 Å². The number of benzene rings is 1. The molecule has 0 fully saturated rings. The molecule has 0 unspecified atom stereocenters. The van der Waals surface area contributed by atoms with Gasteiger partial charge in [-0.1, -0.05) is 12.1 Å². The van der Waals surface area contributed by atoms with Gasteiger partial charge >= 0.3 is 5.97 Å². The van der Waals surface area contributed by atoms with Crippen LogP contribution < -0.4 is 5.73 Å². The fourth-order valence-electron chi connectivity index (χ4n) is 0.887. The minimum atomic E-state index is -2.18. The van der Waals surface area contributed by atoms with Gasteiger partial charge in [-0.2, -0.15) is 0 Å². The maximum atomic E-state index is 10.6. The van der Waals surface area contributed by atoms with Gasteiger partial charge in [-0.25, -0.2) is 0 Å². The Hall–Kier alpha value is -1.55. The molecule has 0 aromatic heterocycles. The molecule has 13 heavy (non-hydrogen) atoms. The van der Waals surface area contributed by atoms with E-state index in [0.717, 1.165) is 0 Å². The van der Waals surface area contributed by atoms with E-state index in [1.807, 2.05) is 0 Å². The molecule has 1 aromatic rings. The van der Waals surface area contributed by atoms with E-state index in [9.17, 15) is 9.90 Å². The van der Waals surface area contributed by atoms with Gasteiger partial charge in [-0.3, -0.25) is 4.79 Å². The predicted octanol–water partition coefficient (Wildman–Crippen LogP) is 0.347. The summed E-state index contributed by atoms with van der Waals surface area (Å²) in [5.41, 5.74) is 5.44. The van der Waals surface area contributed by atoms with E-state index in [2.05, 4.69) is 0 Å². The smallest absolute Gasteiger partial charge is 0.320 e. The van der Waals surface area contributed by atoms with Gasteiger partial charge in [-0.15, -0.1) is 0 Å². The van der Waals surface area contributed by atoms with Gasteiger partial charge < -0.3 is 15.9 Å². The molecule has 1 rings (SSSR count). The van der Waals surface area contributed by atoms with Crippen LogP contribution >= 0.6 is 0 Å². The van der Waals surface area contributed by atoms with Crippen LogP contribution in [0.1, 0.15) is 8.30 Å². The van der Waals surface area contributed by atoms with Crippen molar-refractivity contribution < 1.29 is 17.7 Å². The largest absolute Gasteiger partial charge is 0.508 e. The van der Waals surface area contributed by atoms with E-state index in [0.29, 0.717) is 0 Å². The van der Waals surface area contributed by atoms with Crippen LogP contribution in [0.25, 0.3) is 0 Å². The number of nitrogens with two attached hydrogens (primary N) is 1. The van der Waals surface area contributed by atoms with Gasteiger partial charge in [0.2, 0.25) is 0 Å². The number of rotatable bonds is 3. The summed E-state index contributed by atoms with van der Waals surface area (Å²) in [4.78, 5) is 10.6. The second kappa shape index (κ2) is 3.91. The van der Waals surface area contributed by atoms with E-state index in [1.165, 1.54) is 18.2 Å². The van der Waals surface area contributed by atoms with E-state index in [1.54, 1.807) is 0 Å². The summed E-state index contributed by atoms with van der Waals surface area (Å²) < 4.78 is 14.7. The maximum absolute atomic E-state index is 10.6. The lowest BCUT2D eigenvalue weighted by Crippen LogP contribution is -2.32. The maximum Gasteiger partial charge on any atom is 0.320 e. The van der Waals surface area contributed by atoms with Crippen molar-refractivity contribution in [3.63, 3.8) is 0 Å². The van der Waals surface area contributed by atoms with Crippen molar-refractivity contribution in [2.45, 2.75) is 12.4 Å². The molecule has 0 aliphatic carbocycles. The van der Waals surface area contributed by atoms with E-state index < -0.39 is 12.0 Å². The summed E-state index contributed by atoms with van der Waals surface area (Å²) in [6, 6.07) is 1.88. The topological polar surface area (TPSA) is 83.5 Å². The van der Waals surface area contributed by atoms with Crippen molar-refractivity contribution in [2.75, 3.05) is 0 Å². The van der Waals surface area contributed by atoms with Crippen LogP contribution in [0.3, 0.4) is 0 Å². The molecule has 0 radical (unpaired) electrons. The zero-order valence-electron chi connectivity index (χ0n) is 8.82. The molecule has 0 spiro atoms. The van der Waals surface area contributed by atoms with E-state index in [4.69, 9.17) is 13.6 Å². The van der Waals surface area contributed by atoms with Crippen LogP contribution in [0.15, 0.2) is 24.2 Å². The monoisotopic (exact) mass is 183 g/mol. The average Bonchev–Trinajstić information content (AvgIpc) is 2.12. The highest BCUT2D eigenvalue weighted by Gasteiger charge is 2.11. The standard InChI is InChI=1S/C9H11NO3/c10-8(9(12)13)5-6-2-1-3-7(11)4-6/h1-4,8,11H,5,10H2,(H,12,13)/t8-/m1/s1/i4D,8D. The summed E-state index contributed by atoms with van der Waals surface area (Å²) in [5.74, 6) is -1.72. The first-order valence-electron chi connectivity index (χ1n) is 4.64. The Balaban J connectivity index is 3.00. The highest BCUT2D eigenvalue weighted by Crippen LogP contribution is 2.11. The first kappa shape index (κ1) is 6.91. The Bertz CT molecular complexity index is 393. The number of phenolic OH excluding ortho intramolecular Hbond substituents is 1. The molecule has 0 saturated heterocycles. The van der Waals surface area contributed by atoms with Crippen LogP contribution in [-0.2, 0) is 11.2 Å². The lowest BCUT2D eigenvalue weighted by atomic mass is 10.1. The minimum absolute atomic E-state index is 0.194. The molecule has 0 aliphatic rings. The number of hydrogen-bond acceptors (Lipinski definition) is 3. The van der Waals surface area contributed by atoms with Gasteiger partial charge in [0.1, 0.15) is 11.8 Å². The fraction of sp³-hybridized carbons (Fsp3) is 0.222. The van der Waals surface area contributed by atoms with Gasteiger partial charge in [0.15, 0.2) is 0 Å². The summed E-state index contributed by atoms with van der Waals surface area (Å²) in [6.45, 7) is 0. The van der Waals surface area contributed by atoms with Crippen molar-refractivity contribution in [3.05, 3.63) is 29.8 Å². The number of hydrogen-bond donors (Lipinski definition) is 3. The average molecular weight is 183 g/mol. The number of carboxylic acid groups (broad SMARTS) is 1. The lowest BCUT2D eigenvalue weighted by Gasteiger charge is -2.05.